The molecule has 1 N–H and O–H groups in total. The maximum Gasteiger partial charge on any atom is 0.274 e. The lowest BCUT2D eigenvalue weighted by Crippen LogP contribution is -2.22. The number of aryl methyl sites for hydroxylation is 1. The molecule has 0 saturated carbocycles. The molecule has 2 aliphatic rings. The molecule has 2 aromatic heterocycles. The Morgan fingerprint density at radius 3 is 2.94 bits per heavy atom. The number of hydrogen-bond acceptors (Lipinski definition) is 5. The summed E-state index contributed by atoms with van der Waals surface area (Å²) in [6, 6.07) is 14.6. The lowest BCUT2D eigenvalue weighted by molar-refractivity contribution is 0.101. The molecule has 6 nitrogen and oxygen atoms in total. The van der Waals surface area contributed by atoms with Gasteiger partial charge in [-0.25, -0.2) is 4.98 Å². The fraction of sp³-hybridized carbons (Fsp3) is 0.417. The van der Waals surface area contributed by atoms with Crippen LogP contribution in [0.15, 0.2) is 54.0 Å². The number of nitrogens with zero attached hydrogens (tertiary/aromatic N) is 3. The van der Waals surface area contributed by atoms with Gasteiger partial charge in [-0.15, -0.1) is 11.3 Å². The number of benzene rings is 1. The van der Waals surface area contributed by atoms with E-state index >= 15 is 0 Å². The second kappa shape index (κ2) is 9.24. The number of hydrogen-bond donors (Lipinski definition) is 1. The highest BCUT2D eigenvalue weighted by atomic mass is 32.1. The predicted molar refractivity (Wildman–Crippen MR) is 124 cm³/mol. The molecular formula is C24H28N4O2S. The zero-order valence-electron chi connectivity index (χ0n) is 17.6. The van der Waals surface area contributed by atoms with Crippen LogP contribution in [0.1, 0.15) is 47.9 Å². The van der Waals surface area contributed by atoms with Gasteiger partial charge < -0.3 is 14.2 Å². The van der Waals surface area contributed by atoms with Gasteiger partial charge >= 0.3 is 0 Å². The first kappa shape index (κ1) is 20.3. The van der Waals surface area contributed by atoms with E-state index in [0.717, 1.165) is 57.7 Å². The fourth-order valence-electron chi connectivity index (χ4n) is 4.61. The van der Waals surface area contributed by atoms with Crippen molar-refractivity contribution in [1.82, 2.24) is 9.55 Å². The van der Waals surface area contributed by atoms with Crippen molar-refractivity contribution < 1.29 is 9.53 Å². The quantitative estimate of drug-likeness (QED) is 0.568. The van der Waals surface area contributed by atoms with Crippen molar-refractivity contribution in [3.05, 3.63) is 65.4 Å². The number of carbonyl (C=O) groups excluding carboxylic acids is 1. The molecule has 0 radical (unpaired) electrons. The van der Waals surface area contributed by atoms with E-state index < -0.39 is 0 Å². The second-order valence-corrected chi connectivity index (χ2v) is 9.18. The maximum absolute atomic E-state index is 12.9. The molecule has 0 spiro atoms. The van der Waals surface area contributed by atoms with Crippen LogP contribution in [0.2, 0.25) is 0 Å². The monoisotopic (exact) mass is 436 g/mol. The zero-order chi connectivity index (χ0) is 21.0. The lowest BCUT2D eigenvalue weighted by Gasteiger charge is -2.25. The van der Waals surface area contributed by atoms with E-state index in [2.05, 4.69) is 39.9 Å². The molecule has 2 aliphatic heterocycles. The van der Waals surface area contributed by atoms with E-state index in [4.69, 9.17) is 9.72 Å². The van der Waals surface area contributed by atoms with Crippen LogP contribution in [-0.4, -0.2) is 35.2 Å². The van der Waals surface area contributed by atoms with Crippen LogP contribution >= 0.6 is 11.3 Å². The van der Waals surface area contributed by atoms with Gasteiger partial charge in [0.25, 0.3) is 5.91 Å². The number of ether oxygens (including phenoxy) is 1. The van der Waals surface area contributed by atoms with Crippen LogP contribution < -0.4 is 10.2 Å². The minimum Gasteiger partial charge on any atom is -0.381 e. The molecule has 31 heavy (non-hydrogen) atoms. The van der Waals surface area contributed by atoms with Gasteiger partial charge in [-0.05, 0) is 55.9 Å². The molecule has 2 unspecified atom stereocenters. The Kier molecular flexibility index (Phi) is 6.04. The summed E-state index contributed by atoms with van der Waals surface area (Å²) >= 11 is 1.50. The van der Waals surface area contributed by atoms with Crippen LogP contribution in [-0.2, 0) is 11.3 Å². The molecule has 7 heteroatoms. The molecule has 1 aromatic carbocycles. The third kappa shape index (κ3) is 4.52. The van der Waals surface area contributed by atoms with Crippen LogP contribution in [0.3, 0.4) is 0 Å². The average Bonchev–Trinajstić information content (AvgIpc) is 3.60. The number of amides is 1. The topological polar surface area (TPSA) is 59.4 Å². The number of anilines is 2. The first-order chi connectivity index (χ1) is 15.3. The number of carbonyl (C=O) groups is 1. The van der Waals surface area contributed by atoms with Crippen molar-refractivity contribution >= 4 is 28.1 Å². The smallest absolute Gasteiger partial charge is 0.274 e. The highest BCUT2D eigenvalue weighted by Crippen LogP contribution is 2.37. The van der Waals surface area contributed by atoms with Crippen LogP contribution in [0.5, 0.6) is 0 Å². The molecule has 0 aliphatic carbocycles. The first-order valence-electron chi connectivity index (χ1n) is 11.1. The summed E-state index contributed by atoms with van der Waals surface area (Å²) in [6.45, 7) is 3.57. The summed E-state index contributed by atoms with van der Waals surface area (Å²) in [5.41, 5.74) is 2.95. The summed E-state index contributed by atoms with van der Waals surface area (Å²) in [7, 11) is 0. The van der Waals surface area contributed by atoms with Gasteiger partial charge in [0.15, 0.2) is 5.13 Å². The maximum atomic E-state index is 12.9. The fourth-order valence-corrected chi connectivity index (χ4v) is 5.36. The molecular weight excluding hydrogens is 408 g/mol. The highest BCUT2D eigenvalue weighted by Gasteiger charge is 2.28. The molecule has 0 bridgehead atoms. The van der Waals surface area contributed by atoms with Crippen molar-refractivity contribution in [1.29, 1.82) is 0 Å². The lowest BCUT2D eigenvalue weighted by atomic mass is 10.1. The second-order valence-electron chi connectivity index (χ2n) is 8.32. The average molecular weight is 437 g/mol. The van der Waals surface area contributed by atoms with Crippen molar-refractivity contribution in [3.63, 3.8) is 0 Å². The van der Waals surface area contributed by atoms with Crippen molar-refractivity contribution in [2.45, 2.75) is 38.3 Å². The summed E-state index contributed by atoms with van der Waals surface area (Å²) in [6.07, 6.45) is 6.37. The Morgan fingerprint density at radius 2 is 2.10 bits per heavy atom. The van der Waals surface area contributed by atoms with Crippen molar-refractivity contribution in [2.75, 3.05) is 30.0 Å². The Morgan fingerprint density at radius 1 is 1.19 bits per heavy atom. The molecule has 2 saturated heterocycles. The van der Waals surface area contributed by atoms with E-state index in [1.807, 2.05) is 29.0 Å². The standard InChI is InChI=1S/C24H28N4O2S/c29-23(22-9-4-12-27(22)14-10-18-11-15-30-16-18)26-24-25-20(17-31-24)21-8-5-13-28(21)19-6-2-1-3-7-19/h1-4,6-7,9,12,17-18,21H,5,8,10-11,13-16H2,(H,25,26,29). The minimum absolute atomic E-state index is 0.0973. The third-order valence-electron chi connectivity index (χ3n) is 6.29. The molecule has 1 amide bonds. The van der Waals surface area contributed by atoms with Gasteiger partial charge in [0.2, 0.25) is 0 Å². The number of rotatable bonds is 7. The molecule has 4 heterocycles. The molecule has 162 valence electrons. The Bertz CT molecular complexity index is 1010. The van der Waals surface area contributed by atoms with Gasteiger partial charge in [-0.2, -0.15) is 0 Å². The predicted octanol–water partition coefficient (Wildman–Crippen LogP) is 4.97. The molecule has 2 atom stereocenters. The number of thiazole rings is 1. The normalized spacial score (nSPS) is 21.0. The van der Waals surface area contributed by atoms with Crippen molar-refractivity contribution in [2.24, 2.45) is 5.92 Å². The largest absolute Gasteiger partial charge is 0.381 e. The van der Waals surface area contributed by atoms with Crippen LogP contribution in [0.4, 0.5) is 10.8 Å². The Labute approximate surface area is 186 Å². The number of para-hydroxylation sites is 1. The molecule has 5 rings (SSSR count). The van der Waals surface area contributed by atoms with Gasteiger partial charge in [-0.3, -0.25) is 10.1 Å². The van der Waals surface area contributed by atoms with Gasteiger partial charge in [0.1, 0.15) is 5.69 Å². The number of aromatic nitrogens is 2. The highest BCUT2D eigenvalue weighted by molar-refractivity contribution is 7.14. The van der Waals surface area contributed by atoms with E-state index in [9.17, 15) is 4.79 Å². The van der Waals surface area contributed by atoms with Gasteiger partial charge in [0.05, 0.1) is 11.7 Å². The van der Waals surface area contributed by atoms with E-state index in [0.29, 0.717) is 16.7 Å². The number of nitrogens with one attached hydrogen (secondary N) is 1. The minimum atomic E-state index is -0.0973. The Hall–Kier alpha value is -2.64. The summed E-state index contributed by atoms with van der Waals surface area (Å²) in [5, 5.41) is 5.76. The van der Waals surface area contributed by atoms with E-state index in [1.165, 1.54) is 17.0 Å². The molecule has 2 fully saturated rings. The summed E-state index contributed by atoms with van der Waals surface area (Å²) in [5.74, 6) is 0.499. The van der Waals surface area contributed by atoms with E-state index in [-0.39, 0.29) is 11.9 Å². The van der Waals surface area contributed by atoms with Gasteiger partial charge in [0, 0.05) is 43.6 Å². The summed E-state index contributed by atoms with van der Waals surface area (Å²) in [4.78, 5) is 20.1. The Balaban J connectivity index is 1.24. The van der Waals surface area contributed by atoms with Crippen LogP contribution in [0.25, 0.3) is 0 Å². The van der Waals surface area contributed by atoms with Crippen molar-refractivity contribution in [3.8, 4) is 0 Å². The molecule has 3 aromatic rings. The SMILES string of the molecule is O=C(Nc1nc(C2CCCN2c2ccccc2)cs1)c1cccn1CCC1CCOC1. The van der Waals surface area contributed by atoms with Crippen LogP contribution in [0, 0.1) is 5.92 Å². The third-order valence-corrected chi connectivity index (χ3v) is 7.06. The van der Waals surface area contributed by atoms with E-state index in [1.54, 1.807) is 0 Å². The van der Waals surface area contributed by atoms with Gasteiger partial charge in [-0.1, -0.05) is 18.2 Å². The zero-order valence-corrected chi connectivity index (χ0v) is 18.4. The summed E-state index contributed by atoms with van der Waals surface area (Å²) < 4.78 is 7.50. The first-order valence-corrected chi connectivity index (χ1v) is 12.0.